The van der Waals surface area contributed by atoms with Gasteiger partial charge in [-0.3, -0.25) is 4.79 Å². The molecule has 2 aromatic carbocycles. The molecule has 0 aliphatic heterocycles. The molecule has 0 atom stereocenters. The average molecular weight is 352 g/mol. The predicted molar refractivity (Wildman–Crippen MR) is 95.3 cm³/mol. The maximum atomic E-state index is 12.8. The van der Waals surface area contributed by atoms with Crippen molar-refractivity contribution in [3.63, 3.8) is 0 Å². The summed E-state index contributed by atoms with van der Waals surface area (Å²) >= 11 is 7.61. The van der Waals surface area contributed by atoms with Crippen LogP contribution in [0.5, 0.6) is 0 Å². The van der Waals surface area contributed by atoms with E-state index in [0.29, 0.717) is 18.1 Å². The zero-order chi connectivity index (χ0) is 16.5. The Labute approximate surface area is 145 Å². The second kappa shape index (κ2) is 9.58. The maximum absolute atomic E-state index is 12.8. The number of nitrogens with one attached hydrogen (secondary N) is 1. The SMILES string of the molecule is O=C(CSCc1ccc(F)cc1)NCCCc1ccccc1Cl. The molecule has 5 heteroatoms. The van der Waals surface area contributed by atoms with Crippen molar-refractivity contribution in [3.05, 3.63) is 70.5 Å². The summed E-state index contributed by atoms with van der Waals surface area (Å²) < 4.78 is 12.8. The Hall–Kier alpha value is -1.52. The molecule has 0 spiro atoms. The number of amides is 1. The lowest BCUT2D eigenvalue weighted by Gasteiger charge is -2.06. The van der Waals surface area contributed by atoms with Gasteiger partial charge in [0, 0.05) is 17.3 Å². The standard InChI is InChI=1S/C18H19ClFNOS/c19-17-6-2-1-4-15(17)5-3-11-21-18(22)13-23-12-14-7-9-16(20)10-8-14/h1-2,4,6-10H,3,5,11-13H2,(H,21,22). The molecule has 0 aliphatic rings. The van der Waals surface area contributed by atoms with Gasteiger partial charge in [-0.1, -0.05) is 41.9 Å². The van der Waals surface area contributed by atoms with Gasteiger partial charge in [0.15, 0.2) is 0 Å². The van der Waals surface area contributed by atoms with E-state index in [4.69, 9.17) is 11.6 Å². The summed E-state index contributed by atoms with van der Waals surface area (Å²) in [5.74, 6) is 0.892. The molecule has 1 amide bonds. The van der Waals surface area contributed by atoms with Crippen LogP contribution in [0.25, 0.3) is 0 Å². The molecule has 122 valence electrons. The quantitative estimate of drug-likeness (QED) is 0.711. The number of aryl methyl sites for hydroxylation is 1. The summed E-state index contributed by atoms with van der Waals surface area (Å²) in [7, 11) is 0. The fraction of sp³-hybridized carbons (Fsp3) is 0.278. The summed E-state index contributed by atoms with van der Waals surface area (Å²) in [4.78, 5) is 11.7. The third-order valence-corrected chi connectivity index (χ3v) is 4.69. The first-order chi connectivity index (χ1) is 11.1. The molecule has 0 saturated heterocycles. The molecular weight excluding hydrogens is 333 g/mol. The highest BCUT2D eigenvalue weighted by molar-refractivity contribution is 7.99. The van der Waals surface area contributed by atoms with E-state index >= 15 is 0 Å². The van der Waals surface area contributed by atoms with Crippen LogP contribution in [0.15, 0.2) is 48.5 Å². The molecule has 0 radical (unpaired) electrons. The molecule has 2 nitrogen and oxygen atoms in total. The number of rotatable bonds is 8. The molecule has 23 heavy (non-hydrogen) atoms. The molecule has 0 aromatic heterocycles. The Balaban J connectivity index is 1.58. The highest BCUT2D eigenvalue weighted by Crippen LogP contribution is 2.16. The molecule has 0 unspecified atom stereocenters. The Morgan fingerprint density at radius 3 is 2.61 bits per heavy atom. The van der Waals surface area contributed by atoms with Crippen LogP contribution in [0, 0.1) is 5.82 Å². The van der Waals surface area contributed by atoms with Gasteiger partial charge < -0.3 is 5.32 Å². The largest absolute Gasteiger partial charge is 0.355 e. The Kier molecular flexibility index (Phi) is 7.43. The van der Waals surface area contributed by atoms with E-state index in [1.54, 1.807) is 12.1 Å². The third kappa shape index (κ3) is 6.63. The summed E-state index contributed by atoms with van der Waals surface area (Å²) in [6, 6.07) is 14.1. The van der Waals surface area contributed by atoms with E-state index in [2.05, 4.69) is 5.32 Å². The monoisotopic (exact) mass is 351 g/mol. The lowest BCUT2D eigenvalue weighted by molar-refractivity contribution is -0.118. The van der Waals surface area contributed by atoms with E-state index in [1.165, 1.54) is 23.9 Å². The predicted octanol–water partition coefficient (Wildman–Crippen LogP) is 4.46. The minimum absolute atomic E-state index is 0.0243. The topological polar surface area (TPSA) is 29.1 Å². The summed E-state index contributed by atoms with van der Waals surface area (Å²) in [6.07, 6.45) is 1.71. The molecule has 0 fully saturated rings. The van der Waals surface area contributed by atoms with Crippen molar-refractivity contribution < 1.29 is 9.18 Å². The summed E-state index contributed by atoms with van der Waals surface area (Å²) in [5.41, 5.74) is 2.12. The Bertz CT molecular complexity index is 633. The van der Waals surface area contributed by atoms with Crippen LogP contribution in [0.3, 0.4) is 0 Å². The molecule has 1 N–H and O–H groups in total. The average Bonchev–Trinajstić information content (AvgIpc) is 2.55. The van der Waals surface area contributed by atoms with Crippen molar-refractivity contribution in [2.24, 2.45) is 0 Å². The van der Waals surface area contributed by atoms with Crippen molar-refractivity contribution in [2.75, 3.05) is 12.3 Å². The minimum Gasteiger partial charge on any atom is -0.355 e. The normalized spacial score (nSPS) is 10.5. The fourth-order valence-corrected chi connectivity index (χ4v) is 3.15. The lowest BCUT2D eigenvalue weighted by atomic mass is 10.1. The second-order valence-electron chi connectivity index (χ2n) is 5.16. The van der Waals surface area contributed by atoms with Gasteiger partial charge in [-0.15, -0.1) is 11.8 Å². The van der Waals surface area contributed by atoms with Gasteiger partial charge in [0.25, 0.3) is 0 Å². The summed E-state index contributed by atoms with van der Waals surface area (Å²) in [6.45, 7) is 0.640. The van der Waals surface area contributed by atoms with Gasteiger partial charge in [-0.25, -0.2) is 4.39 Å². The maximum Gasteiger partial charge on any atom is 0.230 e. The van der Waals surface area contributed by atoms with Crippen LogP contribution < -0.4 is 5.32 Å². The summed E-state index contributed by atoms with van der Waals surface area (Å²) in [5, 5.41) is 3.68. The van der Waals surface area contributed by atoms with Crippen molar-refractivity contribution in [2.45, 2.75) is 18.6 Å². The van der Waals surface area contributed by atoms with E-state index < -0.39 is 0 Å². The minimum atomic E-state index is -0.241. The van der Waals surface area contributed by atoms with Gasteiger partial charge in [0.05, 0.1) is 5.75 Å². The zero-order valence-electron chi connectivity index (χ0n) is 12.7. The fourth-order valence-electron chi connectivity index (χ4n) is 2.10. The van der Waals surface area contributed by atoms with Gasteiger partial charge in [-0.05, 0) is 42.2 Å². The van der Waals surface area contributed by atoms with E-state index in [-0.39, 0.29) is 11.7 Å². The lowest BCUT2D eigenvalue weighted by Crippen LogP contribution is -2.26. The number of halogens is 2. The van der Waals surface area contributed by atoms with Crippen molar-refractivity contribution in [3.8, 4) is 0 Å². The third-order valence-electron chi connectivity index (χ3n) is 3.32. The van der Waals surface area contributed by atoms with E-state index in [9.17, 15) is 9.18 Å². The Morgan fingerprint density at radius 2 is 1.87 bits per heavy atom. The van der Waals surface area contributed by atoms with Crippen LogP contribution in [-0.2, 0) is 17.0 Å². The van der Waals surface area contributed by atoms with Crippen molar-refractivity contribution >= 4 is 29.3 Å². The molecule has 0 heterocycles. The number of thioether (sulfide) groups is 1. The van der Waals surface area contributed by atoms with Crippen molar-refractivity contribution in [1.82, 2.24) is 5.32 Å². The smallest absolute Gasteiger partial charge is 0.230 e. The molecule has 0 aliphatic carbocycles. The number of hydrogen-bond acceptors (Lipinski definition) is 2. The number of carbonyl (C=O) groups is 1. The first kappa shape index (κ1) is 17.8. The van der Waals surface area contributed by atoms with E-state index in [0.717, 1.165) is 29.0 Å². The first-order valence-corrected chi connectivity index (χ1v) is 9.01. The molecule has 2 rings (SSSR count). The highest BCUT2D eigenvalue weighted by atomic mass is 35.5. The zero-order valence-corrected chi connectivity index (χ0v) is 14.3. The molecule has 0 bridgehead atoms. The number of hydrogen-bond donors (Lipinski definition) is 1. The van der Waals surface area contributed by atoms with Crippen LogP contribution in [0.2, 0.25) is 5.02 Å². The Morgan fingerprint density at radius 1 is 1.13 bits per heavy atom. The van der Waals surface area contributed by atoms with Gasteiger partial charge in [0.2, 0.25) is 5.91 Å². The first-order valence-electron chi connectivity index (χ1n) is 7.47. The molecular formula is C18H19ClFNOS. The van der Waals surface area contributed by atoms with Crippen molar-refractivity contribution in [1.29, 1.82) is 0 Å². The number of benzene rings is 2. The molecule has 2 aromatic rings. The molecule has 0 saturated carbocycles. The number of carbonyl (C=O) groups excluding carboxylic acids is 1. The van der Waals surface area contributed by atoms with Gasteiger partial charge in [-0.2, -0.15) is 0 Å². The van der Waals surface area contributed by atoms with Gasteiger partial charge >= 0.3 is 0 Å². The highest BCUT2D eigenvalue weighted by Gasteiger charge is 2.03. The van der Waals surface area contributed by atoms with Crippen LogP contribution in [-0.4, -0.2) is 18.2 Å². The van der Waals surface area contributed by atoms with E-state index in [1.807, 2.05) is 24.3 Å². The van der Waals surface area contributed by atoms with Crippen LogP contribution in [0.1, 0.15) is 17.5 Å². The second-order valence-corrected chi connectivity index (χ2v) is 6.56. The van der Waals surface area contributed by atoms with Gasteiger partial charge in [0.1, 0.15) is 5.82 Å². The van der Waals surface area contributed by atoms with Crippen LogP contribution in [0.4, 0.5) is 4.39 Å². The van der Waals surface area contributed by atoms with Crippen LogP contribution >= 0.6 is 23.4 Å².